The van der Waals surface area contributed by atoms with E-state index in [0.717, 1.165) is 64.2 Å². The Labute approximate surface area is 206 Å². The summed E-state index contributed by atoms with van der Waals surface area (Å²) in [6.07, 6.45) is 10.4. The number of carbonyl (C=O) groups is 5. The number of hydrogen-bond acceptors (Lipinski definition) is 5. The molecule has 0 radical (unpaired) electrons. The molecule has 4 amide bonds. The lowest BCUT2D eigenvalue weighted by molar-refractivity contribution is -0.132. The summed E-state index contributed by atoms with van der Waals surface area (Å²) in [6, 6.07) is -2.61. The predicted molar refractivity (Wildman–Crippen MR) is 128 cm³/mol. The van der Waals surface area contributed by atoms with Crippen molar-refractivity contribution in [3.05, 3.63) is 0 Å². The second-order valence-electron chi connectivity index (χ2n) is 10.4. The van der Waals surface area contributed by atoms with Gasteiger partial charge < -0.3 is 31.2 Å². The summed E-state index contributed by atoms with van der Waals surface area (Å²) >= 11 is 0. The Morgan fingerprint density at radius 1 is 0.886 bits per heavy atom. The van der Waals surface area contributed by atoms with E-state index in [1.165, 1.54) is 0 Å². The largest absolute Gasteiger partial charge is 0.465 e. The quantitative estimate of drug-likeness (QED) is 0.278. The van der Waals surface area contributed by atoms with Crippen LogP contribution in [-0.4, -0.2) is 59.9 Å². The standard InChI is InChI=1S/C25H40N4O6/c30-15-19(14-18-11-12-26-22(18)31)27-23(32)20(13-16-7-3-1-4-8-16)28-24(33)21(29-25(34)35)17-9-5-2-6-10-17/h15-21,29H,1-14H2,(H,26,31)(H,27,32)(H,28,33)(H,34,35)/t18-,19-,20-,21-/m0/s1. The monoisotopic (exact) mass is 492 g/mol. The Bertz CT molecular complexity index is 763. The maximum absolute atomic E-state index is 13.3. The Balaban J connectivity index is 1.69. The van der Waals surface area contributed by atoms with E-state index in [4.69, 9.17) is 0 Å². The van der Waals surface area contributed by atoms with Crippen LogP contribution in [0.4, 0.5) is 4.79 Å². The van der Waals surface area contributed by atoms with E-state index in [1.807, 2.05) is 0 Å². The average molecular weight is 493 g/mol. The second-order valence-corrected chi connectivity index (χ2v) is 10.4. The average Bonchev–Trinajstić information content (AvgIpc) is 3.26. The first kappa shape index (κ1) is 26.9. The summed E-state index contributed by atoms with van der Waals surface area (Å²) in [6.45, 7) is 0.558. The molecule has 0 aromatic carbocycles. The summed E-state index contributed by atoms with van der Waals surface area (Å²) in [5.41, 5.74) is 0. The van der Waals surface area contributed by atoms with E-state index in [-0.39, 0.29) is 30.1 Å². The summed E-state index contributed by atoms with van der Waals surface area (Å²) in [5, 5.41) is 20.0. The molecule has 0 unspecified atom stereocenters. The molecule has 4 atom stereocenters. The lowest BCUT2D eigenvalue weighted by Gasteiger charge is -2.32. The third-order valence-corrected chi connectivity index (χ3v) is 7.80. The summed E-state index contributed by atoms with van der Waals surface area (Å²) < 4.78 is 0. The maximum atomic E-state index is 13.3. The van der Waals surface area contributed by atoms with Gasteiger partial charge >= 0.3 is 6.09 Å². The normalized spacial score (nSPS) is 24.0. The fourth-order valence-corrected chi connectivity index (χ4v) is 5.86. The smallest absolute Gasteiger partial charge is 0.405 e. The minimum Gasteiger partial charge on any atom is -0.465 e. The van der Waals surface area contributed by atoms with Gasteiger partial charge in [0.15, 0.2) is 0 Å². The molecule has 3 aliphatic rings. The van der Waals surface area contributed by atoms with Crippen molar-refractivity contribution in [3.8, 4) is 0 Å². The van der Waals surface area contributed by atoms with Crippen molar-refractivity contribution < 1.29 is 29.1 Å². The van der Waals surface area contributed by atoms with Crippen LogP contribution in [0.3, 0.4) is 0 Å². The zero-order valence-corrected chi connectivity index (χ0v) is 20.4. The summed E-state index contributed by atoms with van der Waals surface area (Å²) in [7, 11) is 0. The zero-order valence-electron chi connectivity index (χ0n) is 20.4. The number of carbonyl (C=O) groups excluding carboxylic acids is 4. The number of hydrogen-bond donors (Lipinski definition) is 5. The fourth-order valence-electron chi connectivity index (χ4n) is 5.86. The van der Waals surface area contributed by atoms with E-state index in [2.05, 4.69) is 21.3 Å². The SMILES string of the molecule is O=C[C@H](C[C@@H]1CCNC1=O)NC(=O)[C@H](CC1CCCCC1)NC(=O)[C@@H](NC(=O)O)C1CCCCC1. The highest BCUT2D eigenvalue weighted by molar-refractivity contribution is 5.92. The van der Waals surface area contributed by atoms with E-state index < -0.39 is 36.0 Å². The van der Waals surface area contributed by atoms with Crippen LogP contribution in [0.5, 0.6) is 0 Å². The highest BCUT2D eigenvalue weighted by atomic mass is 16.4. The van der Waals surface area contributed by atoms with Crippen LogP contribution in [-0.2, 0) is 19.2 Å². The van der Waals surface area contributed by atoms with Gasteiger partial charge in [-0.15, -0.1) is 0 Å². The van der Waals surface area contributed by atoms with Crippen molar-refractivity contribution in [2.75, 3.05) is 6.54 Å². The van der Waals surface area contributed by atoms with Gasteiger partial charge in [0.1, 0.15) is 18.4 Å². The van der Waals surface area contributed by atoms with Crippen LogP contribution in [0, 0.1) is 17.8 Å². The van der Waals surface area contributed by atoms with Crippen molar-refractivity contribution in [2.24, 2.45) is 17.8 Å². The molecule has 5 N–H and O–H groups in total. The third kappa shape index (κ3) is 8.21. The highest BCUT2D eigenvalue weighted by Crippen LogP contribution is 2.29. The summed E-state index contributed by atoms with van der Waals surface area (Å²) in [5.74, 6) is -1.23. The molecular formula is C25H40N4O6. The first-order valence-electron chi connectivity index (χ1n) is 13.2. The van der Waals surface area contributed by atoms with Gasteiger partial charge in [0.2, 0.25) is 17.7 Å². The van der Waals surface area contributed by atoms with Gasteiger partial charge in [0.25, 0.3) is 0 Å². The van der Waals surface area contributed by atoms with Gasteiger partial charge in [-0.1, -0.05) is 51.4 Å². The first-order chi connectivity index (χ1) is 16.9. The van der Waals surface area contributed by atoms with Gasteiger partial charge in [-0.3, -0.25) is 14.4 Å². The van der Waals surface area contributed by atoms with Crippen molar-refractivity contribution >= 4 is 30.1 Å². The molecule has 2 aliphatic carbocycles. The van der Waals surface area contributed by atoms with Crippen LogP contribution >= 0.6 is 0 Å². The van der Waals surface area contributed by atoms with Gasteiger partial charge in [0.05, 0.1) is 6.04 Å². The molecule has 3 fully saturated rings. The van der Waals surface area contributed by atoms with Gasteiger partial charge in [-0.05, 0) is 43.9 Å². The van der Waals surface area contributed by atoms with Crippen molar-refractivity contribution in [2.45, 2.75) is 102 Å². The number of rotatable bonds is 11. The Morgan fingerprint density at radius 2 is 1.54 bits per heavy atom. The number of aldehydes is 1. The Morgan fingerprint density at radius 3 is 2.11 bits per heavy atom. The second kappa shape index (κ2) is 13.4. The molecule has 1 saturated heterocycles. The van der Waals surface area contributed by atoms with E-state index in [1.54, 1.807) is 0 Å². The first-order valence-corrected chi connectivity index (χ1v) is 13.2. The van der Waals surface area contributed by atoms with Crippen LogP contribution in [0.1, 0.15) is 83.5 Å². The lowest BCUT2D eigenvalue weighted by Crippen LogP contribution is -2.57. The van der Waals surface area contributed by atoms with E-state index >= 15 is 0 Å². The molecule has 0 aromatic rings. The minimum absolute atomic E-state index is 0.109. The topological polar surface area (TPSA) is 154 Å². The van der Waals surface area contributed by atoms with Gasteiger partial charge in [0, 0.05) is 12.5 Å². The van der Waals surface area contributed by atoms with Gasteiger partial charge in [-0.25, -0.2) is 4.79 Å². The van der Waals surface area contributed by atoms with Crippen molar-refractivity contribution in [3.63, 3.8) is 0 Å². The fraction of sp³-hybridized carbons (Fsp3) is 0.800. The van der Waals surface area contributed by atoms with Crippen LogP contribution in [0.2, 0.25) is 0 Å². The van der Waals surface area contributed by atoms with Crippen molar-refractivity contribution in [1.29, 1.82) is 0 Å². The van der Waals surface area contributed by atoms with Crippen LogP contribution in [0.25, 0.3) is 0 Å². The van der Waals surface area contributed by atoms with Gasteiger partial charge in [-0.2, -0.15) is 0 Å². The molecule has 0 bridgehead atoms. The highest BCUT2D eigenvalue weighted by Gasteiger charge is 2.35. The number of carboxylic acid groups (broad SMARTS) is 1. The molecular weight excluding hydrogens is 452 g/mol. The molecule has 1 heterocycles. The van der Waals surface area contributed by atoms with E-state index in [9.17, 15) is 29.1 Å². The number of amides is 4. The molecule has 0 spiro atoms. The molecule has 1 aliphatic heterocycles. The van der Waals surface area contributed by atoms with E-state index in [0.29, 0.717) is 25.7 Å². The Hall–Kier alpha value is -2.65. The molecule has 3 rings (SSSR count). The maximum Gasteiger partial charge on any atom is 0.405 e. The molecule has 2 saturated carbocycles. The lowest BCUT2D eigenvalue weighted by atomic mass is 9.82. The third-order valence-electron chi connectivity index (χ3n) is 7.80. The summed E-state index contributed by atoms with van der Waals surface area (Å²) in [4.78, 5) is 61.6. The molecule has 10 heteroatoms. The molecule has 10 nitrogen and oxygen atoms in total. The Kier molecular flexibility index (Phi) is 10.3. The minimum atomic E-state index is -1.26. The number of nitrogens with one attached hydrogen (secondary N) is 4. The molecule has 35 heavy (non-hydrogen) atoms. The zero-order chi connectivity index (χ0) is 25.2. The molecule has 196 valence electrons. The van der Waals surface area contributed by atoms with Crippen LogP contribution in [0.15, 0.2) is 0 Å². The molecule has 0 aromatic heterocycles. The van der Waals surface area contributed by atoms with Crippen molar-refractivity contribution in [1.82, 2.24) is 21.3 Å². The van der Waals surface area contributed by atoms with Crippen LogP contribution < -0.4 is 21.3 Å². The predicted octanol–water partition coefficient (Wildman–Crippen LogP) is 1.87.